The Kier molecular flexibility index (Phi) is 10.7. The minimum Gasteiger partial charge on any atom is -0.490 e. The number of aliphatic hydroxyl groups is 1. The number of aliphatic hydroxyl groups excluding tert-OH is 1. The highest BCUT2D eigenvalue weighted by Crippen LogP contribution is 2.32. The van der Waals surface area contributed by atoms with E-state index in [4.69, 9.17) is 27.9 Å². The fourth-order valence-electron chi connectivity index (χ4n) is 4.71. The van der Waals surface area contributed by atoms with Gasteiger partial charge in [0.2, 0.25) is 5.91 Å². The molecule has 4 rings (SSSR count). The average molecular weight is 540 g/mol. The van der Waals surface area contributed by atoms with E-state index < -0.39 is 6.10 Å². The van der Waals surface area contributed by atoms with Crippen molar-refractivity contribution >= 4 is 47.6 Å². The number of para-hydroxylation sites is 1. The van der Waals surface area contributed by atoms with E-state index in [1.165, 1.54) is 5.56 Å². The number of amides is 1. The summed E-state index contributed by atoms with van der Waals surface area (Å²) in [4.78, 5) is 16.5. The zero-order valence-corrected chi connectivity index (χ0v) is 22.1. The zero-order valence-electron chi connectivity index (χ0n) is 19.7. The summed E-state index contributed by atoms with van der Waals surface area (Å²) in [6.45, 7) is 4.27. The van der Waals surface area contributed by atoms with Gasteiger partial charge >= 0.3 is 0 Å². The Morgan fingerprint density at radius 1 is 1.06 bits per heavy atom. The normalized spacial score (nSPS) is 18.0. The van der Waals surface area contributed by atoms with Crippen molar-refractivity contribution < 1.29 is 14.6 Å². The van der Waals surface area contributed by atoms with Gasteiger partial charge in [0, 0.05) is 31.3 Å². The van der Waals surface area contributed by atoms with Gasteiger partial charge in [0.25, 0.3) is 0 Å². The number of piperidine rings is 1. The van der Waals surface area contributed by atoms with Crippen LogP contribution in [0.25, 0.3) is 6.08 Å². The fourth-order valence-corrected chi connectivity index (χ4v) is 5.01. The monoisotopic (exact) mass is 538 g/mol. The van der Waals surface area contributed by atoms with Crippen LogP contribution in [0.3, 0.4) is 0 Å². The highest BCUT2D eigenvalue weighted by molar-refractivity contribution is 6.42. The molecule has 0 saturated carbocycles. The van der Waals surface area contributed by atoms with Crippen molar-refractivity contribution in [2.75, 3.05) is 39.3 Å². The van der Waals surface area contributed by atoms with Crippen molar-refractivity contribution in [3.8, 4) is 5.75 Å². The van der Waals surface area contributed by atoms with E-state index in [9.17, 15) is 9.90 Å². The number of halogens is 3. The van der Waals surface area contributed by atoms with Crippen LogP contribution in [0.5, 0.6) is 5.75 Å². The first-order valence-corrected chi connectivity index (χ1v) is 12.8. The molecule has 2 saturated heterocycles. The predicted octanol–water partition coefficient (Wildman–Crippen LogP) is 5.67. The van der Waals surface area contributed by atoms with Crippen molar-refractivity contribution in [2.24, 2.45) is 0 Å². The second-order valence-corrected chi connectivity index (χ2v) is 9.93. The zero-order chi connectivity index (χ0) is 23.9. The lowest BCUT2D eigenvalue weighted by Crippen LogP contribution is -2.40. The molecule has 2 aliphatic rings. The van der Waals surface area contributed by atoms with Gasteiger partial charge in [0.05, 0.1) is 10.0 Å². The standard InChI is InChI=1S/C27H32Cl2N2O3.ClH/c28-24-9-7-22(17-25(24)29)20-11-15-30(16-12-20)18-23(32)19-34-26-6-2-1-5-21(26)8-10-27(33)31-13-3-4-14-31;/h1-2,5-10,17,20,23,32H,3-4,11-16,18-19H2;1H. The number of rotatable bonds is 8. The van der Waals surface area contributed by atoms with Crippen LogP contribution in [-0.4, -0.2) is 66.2 Å². The maximum absolute atomic E-state index is 12.3. The first-order valence-electron chi connectivity index (χ1n) is 12.0. The van der Waals surface area contributed by atoms with Crippen LogP contribution >= 0.6 is 35.6 Å². The molecule has 0 radical (unpaired) electrons. The molecule has 0 spiro atoms. The maximum atomic E-state index is 12.3. The Bertz CT molecular complexity index is 1000. The minimum absolute atomic E-state index is 0. The van der Waals surface area contributed by atoms with Gasteiger partial charge in [-0.05, 0) is 74.5 Å². The first-order chi connectivity index (χ1) is 16.5. The lowest BCUT2D eigenvalue weighted by atomic mass is 9.89. The van der Waals surface area contributed by atoms with E-state index >= 15 is 0 Å². The van der Waals surface area contributed by atoms with E-state index in [1.807, 2.05) is 41.3 Å². The number of hydrogen-bond donors (Lipinski definition) is 1. The summed E-state index contributed by atoms with van der Waals surface area (Å²) in [7, 11) is 0. The highest BCUT2D eigenvalue weighted by atomic mass is 35.5. The van der Waals surface area contributed by atoms with Crippen molar-refractivity contribution in [1.29, 1.82) is 0 Å². The third kappa shape index (κ3) is 7.86. The SMILES string of the molecule is Cl.O=C(C=Cc1ccccc1OCC(O)CN1CCC(c2ccc(Cl)c(Cl)c2)CC1)N1CCCC1. The molecule has 2 aromatic rings. The number of carbonyl (C=O) groups is 1. The third-order valence-corrected chi connectivity index (χ3v) is 7.38. The molecule has 1 amide bonds. The first kappa shape index (κ1) is 27.8. The lowest BCUT2D eigenvalue weighted by molar-refractivity contribution is -0.124. The minimum atomic E-state index is -0.593. The molecule has 2 fully saturated rings. The van der Waals surface area contributed by atoms with Crippen LogP contribution in [0, 0.1) is 0 Å². The molecule has 1 unspecified atom stereocenters. The molecule has 0 aliphatic carbocycles. The Morgan fingerprint density at radius 2 is 1.77 bits per heavy atom. The Hall–Kier alpha value is -1.76. The van der Waals surface area contributed by atoms with Gasteiger partial charge in [-0.2, -0.15) is 0 Å². The van der Waals surface area contributed by atoms with E-state index in [0.29, 0.717) is 28.3 Å². The number of hydrogen-bond acceptors (Lipinski definition) is 4. The Balaban J connectivity index is 0.00000342. The number of likely N-dealkylation sites (tertiary alicyclic amines) is 2. The van der Waals surface area contributed by atoms with Gasteiger partial charge in [0.1, 0.15) is 18.5 Å². The van der Waals surface area contributed by atoms with E-state index in [1.54, 1.807) is 12.2 Å². The summed E-state index contributed by atoms with van der Waals surface area (Å²) in [5.41, 5.74) is 2.07. The molecule has 0 bridgehead atoms. The summed E-state index contributed by atoms with van der Waals surface area (Å²) >= 11 is 12.2. The van der Waals surface area contributed by atoms with Gasteiger partial charge < -0.3 is 19.6 Å². The van der Waals surface area contributed by atoms with Crippen LogP contribution in [0.4, 0.5) is 0 Å². The summed E-state index contributed by atoms with van der Waals surface area (Å²) in [6.07, 6.45) is 7.01. The number of nitrogens with zero attached hydrogens (tertiary/aromatic N) is 2. The molecule has 2 aromatic carbocycles. The van der Waals surface area contributed by atoms with Crippen LogP contribution in [0.1, 0.15) is 42.7 Å². The summed E-state index contributed by atoms with van der Waals surface area (Å²) in [5.74, 6) is 1.17. The molecular weight excluding hydrogens is 507 g/mol. The van der Waals surface area contributed by atoms with Crippen LogP contribution in [-0.2, 0) is 4.79 Å². The summed E-state index contributed by atoms with van der Waals surface area (Å²) in [6, 6.07) is 13.5. The highest BCUT2D eigenvalue weighted by Gasteiger charge is 2.23. The average Bonchev–Trinajstić information content (AvgIpc) is 3.39. The molecule has 2 aliphatic heterocycles. The smallest absolute Gasteiger partial charge is 0.246 e. The van der Waals surface area contributed by atoms with Gasteiger partial charge in [-0.3, -0.25) is 4.79 Å². The van der Waals surface area contributed by atoms with E-state index in [2.05, 4.69) is 11.0 Å². The van der Waals surface area contributed by atoms with Crippen molar-refractivity contribution in [3.05, 3.63) is 69.7 Å². The number of β-amino-alcohol motifs (C(OH)–C–C–N with tert-alkyl or cyclic N) is 1. The second-order valence-electron chi connectivity index (χ2n) is 9.12. The largest absolute Gasteiger partial charge is 0.490 e. The number of ether oxygens (including phenoxy) is 1. The second kappa shape index (κ2) is 13.5. The molecule has 0 aromatic heterocycles. The van der Waals surface area contributed by atoms with Gasteiger partial charge in [-0.25, -0.2) is 0 Å². The van der Waals surface area contributed by atoms with Crippen LogP contribution in [0.15, 0.2) is 48.5 Å². The molecule has 8 heteroatoms. The van der Waals surface area contributed by atoms with Crippen LogP contribution < -0.4 is 4.74 Å². The Labute approximate surface area is 224 Å². The predicted molar refractivity (Wildman–Crippen MR) is 145 cm³/mol. The Morgan fingerprint density at radius 3 is 2.49 bits per heavy atom. The van der Waals surface area contributed by atoms with Crippen LogP contribution in [0.2, 0.25) is 10.0 Å². The van der Waals surface area contributed by atoms with Gasteiger partial charge in [-0.15, -0.1) is 12.4 Å². The molecule has 5 nitrogen and oxygen atoms in total. The molecule has 190 valence electrons. The van der Waals surface area contributed by atoms with Crippen molar-refractivity contribution in [1.82, 2.24) is 9.80 Å². The van der Waals surface area contributed by atoms with E-state index in [-0.39, 0.29) is 24.9 Å². The quantitative estimate of drug-likeness (QED) is 0.439. The molecule has 1 atom stereocenters. The molecule has 1 N–H and O–H groups in total. The van der Waals surface area contributed by atoms with Gasteiger partial charge in [0.15, 0.2) is 0 Å². The summed E-state index contributed by atoms with van der Waals surface area (Å²) < 4.78 is 5.93. The fraction of sp³-hybridized carbons (Fsp3) is 0.444. The molecule has 35 heavy (non-hydrogen) atoms. The number of carbonyl (C=O) groups excluding carboxylic acids is 1. The third-order valence-electron chi connectivity index (χ3n) is 6.65. The van der Waals surface area contributed by atoms with E-state index in [0.717, 1.165) is 57.4 Å². The maximum Gasteiger partial charge on any atom is 0.246 e. The topological polar surface area (TPSA) is 53.0 Å². The summed E-state index contributed by atoms with van der Waals surface area (Å²) in [5, 5.41) is 11.8. The molecular formula is C27H33Cl3N2O3. The van der Waals surface area contributed by atoms with Crippen molar-refractivity contribution in [3.63, 3.8) is 0 Å². The lowest BCUT2D eigenvalue weighted by Gasteiger charge is -2.33. The molecule has 2 heterocycles. The van der Waals surface area contributed by atoms with Crippen molar-refractivity contribution in [2.45, 2.75) is 37.7 Å². The van der Waals surface area contributed by atoms with Gasteiger partial charge in [-0.1, -0.05) is 47.5 Å². The number of benzene rings is 2.